The summed E-state index contributed by atoms with van der Waals surface area (Å²) in [5, 5.41) is 3.61. The molecule has 4 atom stereocenters. The van der Waals surface area contributed by atoms with Crippen molar-refractivity contribution >= 4 is 0 Å². The van der Waals surface area contributed by atoms with Crippen molar-refractivity contribution in [2.24, 2.45) is 17.8 Å². The minimum absolute atomic E-state index is 0.678. The third-order valence-corrected chi connectivity index (χ3v) is 5.71. The molecule has 1 aromatic rings. The summed E-state index contributed by atoms with van der Waals surface area (Å²) < 4.78 is 0. The summed E-state index contributed by atoms with van der Waals surface area (Å²) in [6.45, 7) is 4.43. The fraction of sp³-hybridized carbons (Fsp3) is 0.667. The summed E-state index contributed by atoms with van der Waals surface area (Å²) in [7, 11) is 2.15. The molecule has 1 nitrogen and oxygen atoms in total. The Kier molecular flexibility index (Phi) is 3.66. The normalized spacial score (nSPS) is 30.8. The highest BCUT2D eigenvalue weighted by molar-refractivity contribution is 5.30. The van der Waals surface area contributed by atoms with Gasteiger partial charge in [0.05, 0.1) is 0 Å². The molecule has 0 radical (unpaired) electrons. The molecule has 2 aliphatic rings. The zero-order valence-electron chi connectivity index (χ0n) is 12.6. The van der Waals surface area contributed by atoms with Gasteiger partial charge in [0.1, 0.15) is 0 Å². The molecule has 3 rings (SSSR count). The van der Waals surface area contributed by atoms with Crippen molar-refractivity contribution < 1.29 is 0 Å². The number of aryl methyl sites for hydroxylation is 2. The van der Waals surface area contributed by atoms with Gasteiger partial charge in [-0.3, -0.25) is 0 Å². The number of hydrogen-bond donors (Lipinski definition) is 1. The van der Waals surface area contributed by atoms with Crippen LogP contribution in [0.15, 0.2) is 18.2 Å². The maximum Gasteiger partial charge on any atom is 0.0135 e. The van der Waals surface area contributed by atoms with Crippen LogP contribution in [0.3, 0.4) is 0 Å². The molecule has 1 N–H and O–H groups in total. The van der Waals surface area contributed by atoms with Crippen molar-refractivity contribution in [3.63, 3.8) is 0 Å². The Hall–Kier alpha value is -0.820. The second kappa shape index (κ2) is 5.28. The molecule has 0 amide bonds. The highest BCUT2D eigenvalue weighted by Gasteiger charge is 2.42. The minimum Gasteiger partial charge on any atom is -0.316 e. The third kappa shape index (κ3) is 2.58. The average molecular weight is 257 g/mol. The maximum atomic E-state index is 3.61. The van der Waals surface area contributed by atoms with Crippen LogP contribution in [0.4, 0.5) is 0 Å². The van der Waals surface area contributed by atoms with Gasteiger partial charge in [-0.25, -0.2) is 0 Å². The molecular weight excluding hydrogens is 230 g/mol. The monoisotopic (exact) mass is 257 g/mol. The highest BCUT2D eigenvalue weighted by atomic mass is 14.9. The van der Waals surface area contributed by atoms with E-state index in [1.165, 1.54) is 48.8 Å². The molecule has 4 unspecified atom stereocenters. The van der Waals surface area contributed by atoms with Gasteiger partial charge in [0, 0.05) is 6.04 Å². The lowest BCUT2D eigenvalue weighted by Crippen LogP contribution is -2.38. The van der Waals surface area contributed by atoms with E-state index in [0.717, 1.165) is 17.8 Å². The van der Waals surface area contributed by atoms with Gasteiger partial charge in [0.25, 0.3) is 0 Å². The maximum absolute atomic E-state index is 3.61. The zero-order chi connectivity index (χ0) is 13.4. The Balaban J connectivity index is 1.71. The number of likely N-dealkylation sites (N-methyl/N-ethyl adjacent to an activating group) is 1. The Morgan fingerprint density at radius 3 is 2.58 bits per heavy atom. The van der Waals surface area contributed by atoms with E-state index >= 15 is 0 Å². The lowest BCUT2D eigenvalue weighted by atomic mass is 9.81. The fourth-order valence-corrected chi connectivity index (χ4v) is 4.44. The third-order valence-electron chi connectivity index (χ3n) is 5.71. The lowest BCUT2D eigenvalue weighted by molar-refractivity contribution is 0.255. The molecule has 2 bridgehead atoms. The molecule has 1 aromatic carbocycles. The molecule has 2 fully saturated rings. The van der Waals surface area contributed by atoms with Gasteiger partial charge in [0.15, 0.2) is 0 Å². The van der Waals surface area contributed by atoms with Gasteiger partial charge in [-0.1, -0.05) is 24.6 Å². The largest absolute Gasteiger partial charge is 0.316 e. The number of fused-ring (bicyclic) bond motifs is 2. The molecule has 19 heavy (non-hydrogen) atoms. The predicted octanol–water partition coefficient (Wildman–Crippen LogP) is 3.87. The van der Waals surface area contributed by atoms with E-state index in [9.17, 15) is 0 Å². The first kappa shape index (κ1) is 13.2. The molecule has 0 heterocycles. The van der Waals surface area contributed by atoms with E-state index in [4.69, 9.17) is 0 Å². The van der Waals surface area contributed by atoms with E-state index in [-0.39, 0.29) is 0 Å². The summed E-state index contributed by atoms with van der Waals surface area (Å²) in [5.74, 6) is 2.98. The van der Waals surface area contributed by atoms with Crippen LogP contribution in [-0.2, 0) is 6.42 Å². The number of rotatable bonds is 4. The van der Waals surface area contributed by atoms with Gasteiger partial charge in [-0.2, -0.15) is 0 Å². The average Bonchev–Trinajstić information content (AvgIpc) is 3.02. The van der Waals surface area contributed by atoms with Gasteiger partial charge in [-0.15, -0.1) is 0 Å². The van der Waals surface area contributed by atoms with E-state index in [1.54, 1.807) is 0 Å². The molecule has 2 aliphatic carbocycles. The number of benzene rings is 1. The quantitative estimate of drug-likeness (QED) is 0.863. The van der Waals surface area contributed by atoms with Crippen molar-refractivity contribution in [2.75, 3.05) is 7.05 Å². The van der Waals surface area contributed by atoms with E-state index in [1.807, 2.05) is 0 Å². The predicted molar refractivity (Wildman–Crippen MR) is 81.4 cm³/mol. The van der Waals surface area contributed by atoms with Crippen LogP contribution in [0, 0.1) is 31.6 Å². The van der Waals surface area contributed by atoms with Crippen molar-refractivity contribution in [3.05, 3.63) is 34.9 Å². The Morgan fingerprint density at radius 1 is 1.16 bits per heavy atom. The molecular formula is C18H27N. The SMILES string of the molecule is CNC(Cc1ccc(C)c(C)c1)C1CC2CCC1C2. The summed E-state index contributed by atoms with van der Waals surface area (Å²) in [6.07, 6.45) is 7.17. The summed E-state index contributed by atoms with van der Waals surface area (Å²) in [5.41, 5.74) is 4.34. The van der Waals surface area contributed by atoms with Gasteiger partial charge < -0.3 is 5.32 Å². The first-order valence-corrected chi connectivity index (χ1v) is 7.90. The number of nitrogens with one attached hydrogen (secondary N) is 1. The van der Waals surface area contributed by atoms with E-state index in [2.05, 4.69) is 44.4 Å². The smallest absolute Gasteiger partial charge is 0.0135 e. The molecule has 0 aromatic heterocycles. The Morgan fingerprint density at radius 2 is 2.00 bits per heavy atom. The van der Waals surface area contributed by atoms with E-state index in [0.29, 0.717) is 6.04 Å². The first-order chi connectivity index (χ1) is 9.17. The minimum atomic E-state index is 0.678. The van der Waals surface area contributed by atoms with Crippen molar-refractivity contribution in [1.82, 2.24) is 5.32 Å². The van der Waals surface area contributed by atoms with Gasteiger partial charge >= 0.3 is 0 Å². The van der Waals surface area contributed by atoms with Crippen molar-refractivity contribution in [1.29, 1.82) is 0 Å². The van der Waals surface area contributed by atoms with Crippen LogP contribution in [0.5, 0.6) is 0 Å². The molecule has 104 valence electrons. The fourth-order valence-electron chi connectivity index (χ4n) is 4.44. The van der Waals surface area contributed by atoms with Crippen molar-refractivity contribution in [2.45, 2.75) is 52.0 Å². The van der Waals surface area contributed by atoms with Crippen LogP contribution in [0.25, 0.3) is 0 Å². The molecule has 0 aliphatic heterocycles. The second-order valence-electron chi connectivity index (χ2n) is 6.86. The standard InChI is InChI=1S/C18H27N/c1-12-4-5-14(8-13(12)2)11-18(19-3)17-10-15-6-7-16(17)9-15/h4-5,8,15-19H,6-7,9-11H2,1-3H3. The topological polar surface area (TPSA) is 12.0 Å². The van der Waals surface area contributed by atoms with Crippen molar-refractivity contribution in [3.8, 4) is 0 Å². The lowest BCUT2D eigenvalue weighted by Gasteiger charge is -2.30. The van der Waals surface area contributed by atoms with Gasteiger partial charge in [-0.05, 0) is 81.0 Å². The first-order valence-electron chi connectivity index (χ1n) is 7.90. The van der Waals surface area contributed by atoms with Crippen LogP contribution in [0.2, 0.25) is 0 Å². The molecule has 1 heteroatoms. The van der Waals surface area contributed by atoms with Crippen LogP contribution < -0.4 is 5.32 Å². The number of hydrogen-bond acceptors (Lipinski definition) is 1. The second-order valence-corrected chi connectivity index (χ2v) is 6.86. The molecule has 0 spiro atoms. The Labute approximate surface area is 117 Å². The zero-order valence-corrected chi connectivity index (χ0v) is 12.6. The van der Waals surface area contributed by atoms with E-state index < -0.39 is 0 Å². The molecule has 2 saturated carbocycles. The van der Waals surface area contributed by atoms with Crippen LogP contribution >= 0.6 is 0 Å². The highest BCUT2D eigenvalue weighted by Crippen LogP contribution is 2.49. The van der Waals surface area contributed by atoms with Crippen LogP contribution in [0.1, 0.15) is 42.4 Å². The molecule has 0 saturated heterocycles. The summed E-state index contributed by atoms with van der Waals surface area (Å²) in [4.78, 5) is 0. The Bertz CT molecular complexity index is 451. The van der Waals surface area contributed by atoms with Gasteiger partial charge in [0.2, 0.25) is 0 Å². The summed E-state index contributed by atoms with van der Waals surface area (Å²) >= 11 is 0. The van der Waals surface area contributed by atoms with Crippen LogP contribution in [-0.4, -0.2) is 13.1 Å². The summed E-state index contributed by atoms with van der Waals surface area (Å²) in [6, 6.07) is 7.66.